The van der Waals surface area contributed by atoms with Gasteiger partial charge in [0.2, 0.25) is 0 Å². The fraction of sp³-hybridized carbons (Fsp3) is 0.625. The predicted octanol–water partition coefficient (Wildman–Crippen LogP) is 2.54. The van der Waals surface area contributed by atoms with E-state index in [1.54, 1.807) is 11.3 Å². The molecular weight excluding hydrogens is 312 g/mol. The Morgan fingerprint density at radius 1 is 1.57 bits per heavy atom. The molecule has 1 spiro atoms. The van der Waals surface area contributed by atoms with Crippen LogP contribution in [0, 0.1) is 5.41 Å². The summed E-state index contributed by atoms with van der Waals surface area (Å²) < 4.78 is 7.79. The van der Waals surface area contributed by atoms with Crippen molar-refractivity contribution in [1.82, 2.24) is 20.0 Å². The van der Waals surface area contributed by atoms with E-state index in [-0.39, 0.29) is 17.5 Å². The molecule has 6 nitrogen and oxygen atoms in total. The van der Waals surface area contributed by atoms with Crippen LogP contribution in [0.5, 0.6) is 0 Å². The minimum Gasteiger partial charge on any atom is -0.378 e. The molecule has 2 saturated carbocycles. The summed E-state index contributed by atoms with van der Waals surface area (Å²) in [6.45, 7) is 3.24. The van der Waals surface area contributed by atoms with E-state index in [2.05, 4.69) is 15.6 Å². The number of thiazole rings is 1. The molecule has 0 radical (unpaired) electrons. The van der Waals surface area contributed by atoms with Gasteiger partial charge in [0.05, 0.1) is 18.3 Å². The molecule has 0 bridgehead atoms. The highest BCUT2D eigenvalue weighted by Gasteiger charge is 2.59. The van der Waals surface area contributed by atoms with E-state index in [1.165, 1.54) is 19.3 Å². The molecule has 0 aromatic carbocycles. The molecule has 2 heterocycles. The molecule has 2 atom stereocenters. The number of carbonyl (C=O) groups excluding carboxylic acids is 1. The van der Waals surface area contributed by atoms with Gasteiger partial charge in [0.25, 0.3) is 0 Å². The van der Waals surface area contributed by atoms with Crippen LogP contribution in [-0.2, 0) is 11.3 Å². The Hall–Kier alpha value is -1.60. The lowest BCUT2D eigenvalue weighted by Gasteiger charge is -2.60. The van der Waals surface area contributed by atoms with Crippen molar-refractivity contribution in [2.24, 2.45) is 5.41 Å². The first-order chi connectivity index (χ1) is 11.2. The molecule has 2 N–H and O–H groups in total. The van der Waals surface area contributed by atoms with Gasteiger partial charge < -0.3 is 15.4 Å². The minimum absolute atomic E-state index is 0.104. The number of nitrogens with one attached hydrogen (secondary N) is 2. The third-order valence-corrected chi connectivity index (χ3v) is 6.09. The molecule has 124 valence electrons. The van der Waals surface area contributed by atoms with Crippen LogP contribution < -0.4 is 10.6 Å². The summed E-state index contributed by atoms with van der Waals surface area (Å²) in [5.74, 6) is 0. The van der Waals surface area contributed by atoms with Crippen LogP contribution in [0.25, 0.3) is 4.96 Å². The Morgan fingerprint density at radius 2 is 2.43 bits per heavy atom. The molecule has 2 aromatic heterocycles. The highest BCUT2D eigenvalue weighted by atomic mass is 32.1. The molecule has 2 aromatic rings. The van der Waals surface area contributed by atoms with Gasteiger partial charge in [-0.2, -0.15) is 0 Å². The van der Waals surface area contributed by atoms with Crippen LogP contribution in [0.4, 0.5) is 4.79 Å². The first-order valence-electron chi connectivity index (χ1n) is 8.28. The smallest absolute Gasteiger partial charge is 0.315 e. The van der Waals surface area contributed by atoms with Crippen molar-refractivity contribution in [3.63, 3.8) is 0 Å². The van der Waals surface area contributed by atoms with Crippen LogP contribution in [0.1, 0.15) is 38.3 Å². The van der Waals surface area contributed by atoms with Crippen molar-refractivity contribution in [3.05, 3.63) is 23.5 Å². The monoisotopic (exact) mass is 334 g/mol. The molecule has 0 saturated heterocycles. The quantitative estimate of drug-likeness (QED) is 0.883. The number of hydrogen-bond acceptors (Lipinski definition) is 4. The first kappa shape index (κ1) is 15.0. The van der Waals surface area contributed by atoms with Gasteiger partial charge >= 0.3 is 6.03 Å². The molecule has 2 aliphatic rings. The average molecular weight is 334 g/mol. The summed E-state index contributed by atoms with van der Waals surface area (Å²) in [6.07, 6.45) is 8.76. The Kier molecular flexibility index (Phi) is 3.77. The van der Waals surface area contributed by atoms with E-state index in [9.17, 15) is 4.79 Å². The van der Waals surface area contributed by atoms with Crippen LogP contribution >= 0.6 is 11.3 Å². The fourth-order valence-electron chi connectivity index (χ4n) is 3.88. The number of carbonyl (C=O) groups is 1. The molecule has 2 fully saturated rings. The van der Waals surface area contributed by atoms with E-state index in [1.807, 2.05) is 29.1 Å². The summed E-state index contributed by atoms with van der Waals surface area (Å²) >= 11 is 1.59. The lowest BCUT2D eigenvalue weighted by atomic mass is 9.51. The predicted molar refractivity (Wildman–Crippen MR) is 88.5 cm³/mol. The number of imidazole rings is 1. The molecule has 2 amide bonds. The van der Waals surface area contributed by atoms with Gasteiger partial charge in [-0.1, -0.05) is 6.42 Å². The summed E-state index contributed by atoms with van der Waals surface area (Å²) in [4.78, 5) is 17.6. The van der Waals surface area contributed by atoms with E-state index in [4.69, 9.17) is 4.74 Å². The minimum atomic E-state index is -0.104. The van der Waals surface area contributed by atoms with Crippen molar-refractivity contribution in [1.29, 1.82) is 0 Å². The van der Waals surface area contributed by atoms with Crippen molar-refractivity contribution in [2.45, 2.75) is 51.3 Å². The van der Waals surface area contributed by atoms with Crippen molar-refractivity contribution in [2.75, 3.05) is 6.61 Å². The Morgan fingerprint density at radius 3 is 3.13 bits per heavy atom. The highest BCUT2D eigenvalue weighted by Crippen LogP contribution is 2.57. The largest absolute Gasteiger partial charge is 0.378 e. The van der Waals surface area contributed by atoms with Gasteiger partial charge in [0, 0.05) is 35.8 Å². The molecule has 23 heavy (non-hydrogen) atoms. The zero-order valence-corrected chi connectivity index (χ0v) is 14.1. The average Bonchev–Trinajstić information content (AvgIpc) is 3.03. The number of urea groups is 1. The molecule has 0 aliphatic heterocycles. The summed E-state index contributed by atoms with van der Waals surface area (Å²) in [5.41, 5.74) is 1.08. The second-order valence-electron chi connectivity index (χ2n) is 6.47. The van der Waals surface area contributed by atoms with E-state index < -0.39 is 0 Å². The zero-order chi connectivity index (χ0) is 15.9. The Labute approximate surface area is 139 Å². The third kappa shape index (κ3) is 2.52. The van der Waals surface area contributed by atoms with Gasteiger partial charge in [0.15, 0.2) is 4.96 Å². The molecule has 4 rings (SSSR count). The van der Waals surface area contributed by atoms with Crippen LogP contribution in [0.2, 0.25) is 0 Å². The standard InChI is InChI=1S/C16H22N4O2S/c1-2-22-13-8-12(16(13)4-3-5-16)19-14(21)17-9-11-10-20-6-7-23-15(20)18-11/h6-7,10,12-13H,2-5,8-9H2,1H3,(H2,17,19,21)/t12-,13+/m0/s1. The van der Waals surface area contributed by atoms with E-state index in [0.29, 0.717) is 12.6 Å². The first-order valence-corrected chi connectivity index (χ1v) is 9.16. The van der Waals surface area contributed by atoms with Gasteiger partial charge in [0.1, 0.15) is 0 Å². The molecule has 0 unspecified atom stereocenters. The van der Waals surface area contributed by atoms with E-state index >= 15 is 0 Å². The third-order valence-electron chi connectivity index (χ3n) is 5.32. The topological polar surface area (TPSA) is 67.7 Å². The normalized spacial score (nSPS) is 25.1. The number of rotatable bonds is 5. The number of fused-ring (bicyclic) bond motifs is 1. The zero-order valence-electron chi connectivity index (χ0n) is 13.2. The highest BCUT2D eigenvalue weighted by molar-refractivity contribution is 7.15. The van der Waals surface area contributed by atoms with Gasteiger partial charge in [-0.3, -0.25) is 4.40 Å². The lowest BCUT2D eigenvalue weighted by Crippen LogP contribution is -2.68. The van der Waals surface area contributed by atoms with Gasteiger partial charge in [-0.15, -0.1) is 11.3 Å². The lowest BCUT2D eigenvalue weighted by molar-refractivity contribution is -0.169. The maximum absolute atomic E-state index is 12.2. The molecule has 7 heteroatoms. The summed E-state index contributed by atoms with van der Waals surface area (Å²) in [5, 5.41) is 8.05. The number of nitrogens with zero attached hydrogens (tertiary/aromatic N) is 2. The summed E-state index contributed by atoms with van der Waals surface area (Å²) in [7, 11) is 0. The fourth-order valence-corrected chi connectivity index (χ4v) is 4.60. The second kappa shape index (κ2) is 5.79. The maximum atomic E-state index is 12.2. The van der Waals surface area contributed by atoms with Crippen LogP contribution in [0.15, 0.2) is 17.8 Å². The second-order valence-corrected chi connectivity index (χ2v) is 7.34. The van der Waals surface area contributed by atoms with Gasteiger partial charge in [-0.05, 0) is 26.2 Å². The number of hydrogen-bond donors (Lipinski definition) is 2. The van der Waals surface area contributed by atoms with E-state index in [0.717, 1.165) is 23.7 Å². The van der Waals surface area contributed by atoms with Gasteiger partial charge in [-0.25, -0.2) is 9.78 Å². The molecular formula is C16H22N4O2S. The number of ether oxygens (including phenoxy) is 1. The Bertz CT molecular complexity index is 677. The van der Waals surface area contributed by atoms with Crippen molar-refractivity contribution >= 4 is 22.3 Å². The van der Waals surface area contributed by atoms with Crippen molar-refractivity contribution < 1.29 is 9.53 Å². The Balaban J connectivity index is 1.29. The van der Waals surface area contributed by atoms with Crippen LogP contribution in [-0.4, -0.2) is 34.2 Å². The SMILES string of the molecule is CCO[C@@H]1C[C@H](NC(=O)NCc2cn3ccsc3n2)C12CCC2. The number of amides is 2. The van der Waals surface area contributed by atoms with Crippen LogP contribution in [0.3, 0.4) is 0 Å². The summed E-state index contributed by atoms with van der Waals surface area (Å²) in [6, 6.07) is 0.144. The number of aromatic nitrogens is 2. The van der Waals surface area contributed by atoms with Crippen molar-refractivity contribution in [3.8, 4) is 0 Å². The maximum Gasteiger partial charge on any atom is 0.315 e. The molecule has 2 aliphatic carbocycles.